The number of aryl methyl sites for hydroxylation is 1. The average Bonchev–Trinajstić information content (AvgIpc) is 2.24. The summed E-state index contributed by atoms with van der Waals surface area (Å²) in [6, 6.07) is 5.28. The molecule has 3 N–H and O–H groups in total. The van der Waals surface area contributed by atoms with Crippen LogP contribution in [0.5, 0.6) is 0 Å². The largest absolute Gasteiger partial charge is 0.478 e. The highest BCUT2D eigenvalue weighted by atomic mass is 16.4. The van der Waals surface area contributed by atoms with E-state index in [-0.39, 0.29) is 13.2 Å². The van der Waals surface area contributed by atoms with E-state index in [1.165, 1.54) is 0 Å². The summed E-state index contributed by atoms with van der Waals surface area (Å²) in [5, 5.41) is 24.5. The fourth-order valence-electron chi connectivity index (χ4n) is 1.05. The Morgan fingerprint density at radius 2 is 1.75 bits per heavy atom. The molecule has 0 saturated heterocycles. The molecule has 16 heavy (non-hydrogen) atoms. The van der Waals surface area contributed by atoms with Crippen LogP contribution in [0.4, 0.5) is 0 Å². The zero-order valence-corrected chi connectivity index (χ0v) is 9.60. The van der Waals surface area contributed by atoms with Crippen molar-refractivity contribution in [3.63, 3.8) is 0 Å². The van der Waals surface area contributed by atoms with Crippen molar-refractivity contribution >= 4 is 5.97 Å². The number of benzene rings is 1. The van der Waals surface area contributed by atoms with E-state index >= 15 is 0 Å². The van der Waals surface area contributed by atoms with Crippen molar-refractivity contribution in [3.8, 4) is 0 Å². The number of aliphatic hydroxyl groups excluding tert-OH is 2. The van der Waals surface area contributed by atoms with Crippen molar-refractivity contribution in [1.29, 1.82) is 0 Å². The third kappa shape index (κ3) is 4.91. The summed E-state index contributed by atoms with van der Waals surface area (Å²) in [7, 11) is 0. The minimum Gasteiger partial charge on any atom is -0.478 e. The molecule has 0 heterocycles. The van der Waals surface area contributed by atoms with Crippen LogP contribution in [0.25, 0.3) is 0 Å². The highest BCUT2D eigenvalue weighted by molar-refractivity contribution is 5.89. The summed E-state index contributed by atoms with van der Waals surface area (Å²) in [6.07, 6.45) is 0.500. The Kier molecular flexibility index (Phi) is 7.16. The van der Waals surface area contributed by atoms with E-state index in [1.54, 1.807) is 12.1 Å². The van der Waals surface area contributed by atoms with Gasteiger partial charge in [0.1, 0.15) is 0 Å². The number of rotatable bonds is 3. The molecule has 1 aromatic rings. The number of carboxylic acid groups (broad SMARTS) is 1. The van der Waals surface area contributed by atoms with Gasteiger partial charge in [-0.15, -0.1) is 0 Å². The van der Waals surface area contributed by atoms with Gasteiger partial charge in [-0.25, -0.2) is 4.79 Å². The zero-order chi connectivity index (χ0) is 12.6. The van der Waals surface area contributed by atoms with Crippen LogP contribution in [0.15, 0.2) is 18.2 Å². The molecular formula is C12H18O4. The molecule has 90 valence electrons. The molecule has 0 bridgehead atoms. The minimum atomic E-state index is -0.855. The Morgan fingerprint density at radius 3 is 2.06 bits per heavy atom. The Bertz CT molecular complexity index is 332. The molecule has 0 spiro atoms. The second kappa shape index (κ2) is 7.84. The fraction of sp³-hybridized carbons (Fsp3) is 0.417. The van der Waals surface area contributed by atoms with E-state index < -0.39 is 5.97 Å². The standard InChI is InChI=1S/C9H10O2.C3H8O2/c1-6-4-3-5-8(7(6)2)9(10)11;4-2-1-3-5/h3-5H,1-2H3,(H,10,11);4-5H,1-3H2. The Balaban J connectivity index is 0.000000385. The second-order valence-electron chi connectivity index (χ2n) is 3.35. The molecule has 0 atom stereocenters. The Hall–Kier alpha value is -1.39. The van der Waals surface area contributed by atoms with Crippen LogP contribution in [0.2, 0.25) is 0 Å². The van der Waals surface area contributed by atoms with Gasteiger partial charge in [0.25, 0.3) is 0 Å². The first-order valence-corrected chi connectivity index (χ1v) is 5.05. The third-order valence-corrected chi connectivity index (χ3v) is 2.15. The van der Waals surface area contributed by atoms with Gasteiger partial charge in [0.15, 0.2) is 0 Å². The lowest BCUT2D eigenvalue weighted by atomic mass is 10.0. The molecule has 1 rings (SSSR count). The van der Waals surface area contributed by atoms with E-state index in [0.717, 1.165) is 11.1 Å². The number of carboxylic acids is 1. The van der Waals surface area contributed by atoms with Gasteiger partial charge in [-0.2, -0.15) is 0 Å². The lowest BCUT2D eigenvalue weighted by molar-refractivity contribution is 0.0696. The molecule has 0 aromatic heterocycles. The molecule has 0 aliphatic carbocycles. The molecule has 4 nitrogen and oxygen atoms in total. The molecular weight excluding hydrogens is 208 g/mol. The maximum Gasteiger partial charge on any atom is 0.335 e. The summed E-state index contributed by atoms with van der Waals surface area (Å²) < 4.78 is 0. The first-order valence-electron chi connectivity index (χ1n) is 5.05. The first-order chi connectivity index (χ1) is 7.54. The predicted molar refractivity (Wildman–Crippen MR) is 61.7 cm³/mol. The quantitative estimate of drug-likeness (QED) is 0.727. The van der Waals surface area contributed by atoms with E-state index in [1.807, 2.05) is 19.9 Å². The number of hydrogen-bond acceptors (Lipinski definition) is 3. The van der Waals surface area contributed by atoms with Crippen molar-refractivity contribution < 1.29 is 20.1 Å². The van der Waals surface area contributed by atoms with Gasteiger partial charge < -0.3 is 15.3 Å². The lowest BCUT2D eigenvalue weighted by Gasteiger charge is -2.02. The summed E-state index contributed by atoms with van der Waals surface area (Å²) >= 11 is 0. The SMILES string of the molecule is Cc1cccc(C(=O)O)c1C.OCCCO. The monoisotopic (exact) mass is 226 g/mol. The maximum absolute atomic E-state index is 10.6. The van der Waals surface area contributed by atoms with Crippen molar-refractivity contribution in [1.82, 2.24) is 0 Å². The Morgan fingerprint density at radius 1 is 1.19 bits per heavy atom. The van der Waals surface area contributed by atoms with E-state index in [0.29, 0.717) is 12.0 Å². The van der Waals surface area contributed by atoms with Gasteiger partial charge >= 0.3 is 5.97 Å². The summed E-state index contributed by atoms with van der Waals surface area (Å²) in [5.74, 6) is -0.855. The van der Waals surface area contributed by atoms with Crippen molar-refractivity contribution in [3.05, 3.63) is 34.9 Å². The van der Waals surface area contributed by atoms with Gasteiger partial charge in [-0.1, -0.05) is 12.1 Å². The van der Waals surface area contributed by atoms with Crippen LogP contribution < -0.4 is 0 Å². The molecule has 0 aliphatic heterocycles. The normalized spacial score (nSPS) is 9.25. The molecule has 0 amide bonds. The summed E-state index contributed by atoms with van der Waals surface area (Å²) in [4.78, 5) is 10.6. The van der Waals surface area contributed by atoms with E-state index in [2.05, 4.69) is 0 Å². The highest BCUT2D eigenvalue weighted by Gasteiger charge is 2.06. The molecule has 4 heteroatoms. The molecule has 0 aliphatic rings. The second-order valence-corrected chi connectivity index (χ2v) is 3.35. The molecule has 0 saturated carbocycles. The van der Waals surface area contributed by atoms with Gasteiger partial charge in [0, 0.05) is 13.2 Å². The minimum absolute atomic E-state index is 0.0938. The Labute approximate surface area is 95.2 Å². The van der Waals surface area contributed by atoms with Crippen molar-refractivity contribution in [2.45, 2.75) is 20.3 Å². The summed E-state index contributed by atoms with van der Waals surface area (Å²) in [5.41, 5.74) is 2.26. The lowest BCUT2D eigenvalue weighted by Crippen LogP contribution is -2.00. The average molecular weight is 226 g/mol. The summed E-state index contributed by atoms with van der Waals surface area (Å²) in [6.45, 7) is 3.91. The smallest absolute Gasteiger partial charge is 0.335 e. The number of hydrogen-bond donors (Lipinski definition) is 3. The van der Waals surface area contributed by atoms with Crippen LogP contribution in [-0.2, 0) is 0 Å². The first kappa shape index (κ1) is 14.6. The molecule has 0 unspecified atom stereocenters. The van der Waals surface area contributed by atoms with E-state index in [4.69, 9.17) is 15.3 Å². The van der Waals surface area contributed by atoms with Crippen molar-refractivity contribution in [2.24, 2.45) is 0 Å². The number of carbonyl (C=O) groups is 1. The predicted octanol–water partition coefficient (Wildman–Crippen LogP) is 1.36. The third-order valence-electron chi connectivity index (χ3n) is 2.15. The van der Waals surface area contributed by atoms with Crippen molar-refractivity contribution in [2.75, 3.05) is 13.2 Å². The van der Waals surface area contributed by atoms with Gasteiger partial charge in [-0.3, -0.25) is 0 Å². The van der Waals surface area contributed by atoms with Crippen LogP contribution in [0, 0.1) is 13.8 Å². The number of aromatic carboxylic acids is 1. The van der Waals surface area contributed by atoms with Gasteiger partial charge in [0.05, 0.1) is 5.56 Å². The fourth-order valence-corrected chi connectivity index (χ4v) is 1.05. The number of aliphatic hydroxyl groups is 2. The highest BCUT2D eigenvalue weighted by Crippen LogP contribution is 2.11. The van der Waals surface area contributed by atoms with Gasteiger partial charge in [0.2, 0.25) is 0 Å². The van der Waals surface area contributed by atoms with Crippen LogP contribution in [-0.4, -0.2) is 34.5 Å². The molecule has 1 aromatic carbocycles. The van der Waals surface area contributed by atoms with Crippen LogP contribution in [0.1, 0.15) is 27.9 Å². The zero-order valence-electron chi connectivity index (χ0n) is 9.60. The van der Waals surface area contributed by atoms with E-state index in [9.17, 15) is 4.79 Å². The van der Waals surface area contributed by atoms with Gasteiger partial charge in [-0.05, 0) is 37.5 Å². The maximum atomic E-state index is 10.6. The van der Waals surface area contributed by atoms with Crippen LogP contribution in [0.3, 0.4) is 0 Å². The molecule has 0 radical (unpaired) electrons. The van der Waals surface area contributed by atoms with Crippen LogP contribution >= 0.6 is 0 Å². The topological polar surface area (TPSA) is 77.8 Å². The molecule has 0 fully saturated rings.